The Morgan fingerprint density at radius 3 is 1.76 bits per heavy atom. The molecule has 0 radical (unpaired) electrons. The van der Waals surface area contributed by atoms with E-state index in [1.165, 1.54) is 72.8 Å². The zero-order valence-electron chi connectivity index (χ0n) is 19.6. The molecule has 0 atom stereocenters. The first-order valence-electron chi connectivity index (χ1n) is 11.1. The van der Waals surface area contributed by atoms with Crippen LogP contribution in [0.4, 0.5) is 25.8 Å². The van der Waals surface area contributed by atoms with Gasteiger partial charge in [-0.3, -0.25) is 13.8 Å². The summed E-state index contributed by atoms with van der Waals surface area (Å²) in [4.78, 5) is 12.7. The summed E-state index contributed by atoms with van der Waals surface area (Å²) in [5, 5.41) is 2.54. The van der Waals surface area contributed by atoms with E-state index in [9.17, 15) is 30.4 Å². The highest BCUT2D eigenvalue weighted by Crippen LogP contribution is 2.24. The molecule has 0 aromatic heterocycles. The van der Waals surface area contributed by atoms with Gasteiger partial charge in [-0.1, -0.05) is 18.2 Å². The molecular formula is C26H21F2N3O5S2. The SMILES string of the molecule is O=C(CN(c1ccc(F)cc1)S(=O)(=O)c1ccccc1)Nc1ccc(S(=O)(=O)Nc2ccc(F)cc2)cc1. The van der Waals surface area contributed by atoms with Gasteiger partial charge in [-0.25, -0.2) is 25.6 Å². The minimum atomic E-state index is -4.17. The van der Waals surface area contributed by atoms with Gasteiger partial charge in [-0.05, 0) is 84.9 Å². The minimum absolute atomic E-state index is 0.0552. The molecule has 0 aliphatic rings. The number of rotatable bonds is 9. The lowest BCUT2D eigenvalue weighted by Crippen LogP contribution is -2.38. The molecule has 4 aromatic rings. The molecule has 0 fully saturated rings. The Morgan fingerprint density at radius 2 is 1.18 bits per heavy atom. The Labute approximate surface area is 218 Å². The molecule has 0 unspecified atom stereocenters. The Balaban J connectivity index is 1.51. The van der Waals surface area contributed by atoms with Crippen LogP contribution in [0, 0.1) is 11.6 Å². The van der Waals surface area contributed by atoms with Gasteiger partial charge < -0.3 is 5.32 Å². The lowest BCUT2D eigenvalue weighted by molar-refractivity contribution is -0.114. The number of anilines is 3. The van der Waals surface area contributed by atoms with Crippen molar-refractivity contribution in [1.82, 2.24) is 0 Å². The van der Waals surface area contributed by atoms with Gasteiger partial charge in [0, 0.05) is 11.4 Å². The van der Waals surface area contributed by atoms with Gasteiger partial charge in [0.25, 0.3) is 20.0 Å². The van der Waals surface area contributed by atoms with E-state index >= 15 is 0 Å². The first-order valence-corrected chi connectivity index (χ1v) is 14.0. The van der Waals surface area contributed by atoms with E-state index in [2.05, 4.69) is 10.0 Å². The van der Waals surface area contributed by atoms with Crippen LogP contribution in [-0.4, -0.2) is 29.3 Å². The second kappa shape index (κ2) is 11.0. The number of nitrogens with one attached hydrogen (secondary N) is 2. The summed E-state index contributed by atoms with van der Waals surface area (Å²) >= 11 is 0. The Kier molecular flexibility index (Phi) is 7.74. The van der Waals surface area contributed by atoms with Crippen molar-refractivity contribution < 1.29 is 30.4 Å². The predicted octanol–water partition coefficient (Wildman–Crippen LogP) is 4.60. The molecule has 12 heteroatoms. The molecule has 0 saturated heterocycles. The van der Waals surface area contributed by atoms with Crippen LogP contribution in [0.3, 0.4) is 0 Å². The van der Waals surface area contributed by atoms with Crippen LogP contribution in [0.25, 0.3) is 0 Å². The van der Waals surface area contributed by atoms with Gasteiger partial charge >= 0.3 is 0 Å². The molecule has 1 amide bonds. The highest BCUT2D eigenvalue weighted by Gasteiger charge is 2.27. The summed E-state index contributed by atoms with van der Waals surface area (Å²) in [6.07, 6.45) is 0. The normalized spacial score (nSPS) is 11.5. The number of benzene rings is 4. The van der Waals surface area contributed by atoms with E-state index in [0.29, 0.717) is 0 Å². The molecule has 0 heterocycles. The molecule has 0 spiro atoms. The first-order chi connectivity index (χ1) is 18.0. The van der Waals surface area contributed by atoms with Gasteiger partial charge in [0.05, 0.1) is 15.5 Å². The Bertz CT molecular complexity index is 1630. The number of nitrogens with zero attached hydrogens (tertiary/aromatic N) is 1. The quantitative estimate of drug-likeness (QED) is 0.312. The van der Waals surface area contributed by atoms with Crippen LogP contribution in [0.2, 0.25) is 0 Å². The molecule has 4 rings (SSSR count). The standard InChI is InChI=1S/C26H21F2N3O5S2/c27-19-6-10-22(11-7-19)30-37(33,34)24-16-12-21(13-17-24)29-26(32)18-31(23-14-8-20(28)9-15-23)38(35,36)25-4-2-1-3-5-25/h1-17,30H,18H2,(H,29,32). The Hall–Kier alpha value is -4.29. The van der Waals surface area contributed by atoms with Crippen molar-refractivity contribution in [2.24, 2.45) is 0 Å². The average Bonchev–Trinajstić information content (AvgIpc) is 2.90. The maximum absolute atomic E-state index is 13.5. The van der Waals surface area contributed by atoms with Crippen LogP contribution >= 0.6 is 0 Å². The Morgan fingerprint density at radius 1 is 0.658 bits per heavy atom. The van der Waals surface area contributed by atoms with Crippen LogP contribution < -0.4 is 14.3 Å². The number of carbonyl (C=O) groups excluding carboxylic acids is 1. The molecule has 38 heavy (non-hydrogen) atoms. The minimum Gasteiger partial charge on any atom is -0.325 e. The van der Waals surface area contributed by atoms with Crippen molar-refractivity contribution in [3.63, 3.8) is 0 Å². The van der Waals surface area contributed by atoms with E-state index in [-0.39, 0.29) is 26.9 Å². The number of hydrogen-bond acceptors (Lipinski definition) is 5. The molecule has 2 N–H and O–H groups in total. The van der Waals surface area contributed by atoms with E-state index in [1.54, 1.807) is 6.07 Å². The number of halogens is 2. The number of hydrogen-bond donors (Lipinski definition) is 2. The average molecular weight is 558 g/mol. The molecule has 0 bridgehead atoms. The molecule has 0 saturated carbocycles. The molecule has 0 aliphatic carbocycles. The van der Waals surface area contributed by atoms with Gasteiger partial charge in [-0.15, -0.1) is 0 Å². The van der Waals surface area contributed by atoms with Gasteiger partial charge in [0.1, 0.15) is 18.2 Å². The largest absolute Gasteiger partial charge is 0.325 e. The highest BCUT2D eigenvalue weighted by atomic mass is 32.2. The zero-order chi connectivity index (χ0) is 27.3. The van der Waals surface area contributed by atoms with E-state index in [0.717, 1.165) is 28.6 Å². The van der Waals surface area contributed by atoms with Gasteiger partial charge in [0.2, 0.25) is 5.91 Å². The van der Waals surface area contributed by atoms with Crippen molar-refractivity contribution in [2.75, 3.05) is 20.9 Å². The molecule has 8 nitrogen and oxygen atoms in total. The fourth-order valence-electron chi connectivity index (χ4n) is 3.42. The monoisotopic (exact) mass is 557 g/mol. The van der Waals surface area contributed by atoms with Crippen molar-refractivity contribution in [2.45, 2.75) is 9.79 Å². The molecule has 4 aromatic carbocycles. The highest BCUT2D eigenvalue weighted by molar-refractivity contribution is 7.93. The molecule has 196 valence electrons. The first kappa shape index (κ1) is 26.8. The van der Waals surface area contributed by atoms with Crippen LogP contribution in [0.15, 0.2) is 113 Å². The summed E-state index contributed by atoms with van der Waals surface area (Å²) in [6.45, 7) is -0.630. The lowest BCUT2D eigenvalue weighted by atomic mass is 10.3. The second-order valence-corrected chi connectivity index (χ2v) is 11.5. The third-order valence-electron chi connectivity index (χ3n) is 5.28. The fraction of sp³-hybridized carbons (Fsp3) is 0.0385. The zero-order valence-corrected chi connectivity index (χ0v) is 21.2. The van der Waals surface area contributed by atoms with E-state index in [4.69, 9.17) is 0 Å². The van der Waals surface area contributed by atoms with E-state index < -0.39 is 44.1 Å². The van der Waals surface area contributed by atoms with Crippen LogP contribution in [-0.2, 0) is 24.8 Å². The smallest absolute Gasteiger partial charge is 0.264 e. The topological polar surface area (TPSA) is 113 Å². The lowest BCUT2D eigenvalue weighted by Gasteiger charge is -2.24. The van der Waals surface area contributed by atoms with Crippen LogP contribution in [0.5, 0.6) is 0 Å². The van der Waals surface area contributed by atoms with Crippen molar-refractivity contribution in [3.8, 4) is 0 Å². The van der Waals surface area contributed by atoms with Crippen molar-refractivity contribution >= 4 is 43.0 Å². The maximum Gasteiger partial charge on any atom is 0.264 e. The summed E-state index contributed by atoms with van der Waals surface area (Å²) in [5.41, 5.74) is 0.467. The third-order valence-corrected chi connectivity index (χ3v) is 8.46. The van der Waals surface area contributed by atoms with Gasteiger partial charge in [-0.2, -0.15) is 0 Å². The maximum atomic E-state index is 13.5. The van der Waals surface area contributed by atoms with E-state index in [1.807, 2.05) is 0 Å². The van der Waals surface area contributed by atoms with Crippen LogP contribution in [0.1, 0.15) is 0 Å². The molecule has 0 aliphatic heterocycles. The summed E-state index contributed by atoms with van der Waals surface area (Å²) < 4.78 is 81.5. The second-order valence-electron chi connectivity index (χ2n) is 7.99. The number of amides is 1. The summed E-state index contributed by atoms with van der Waals surface area (Å²) in [6, 6.07) is 22.1. The summed E-state index contributed by atoms with van der Waals surface area (Å²) in [5.74, 6) is -1.80. The van der Waals surface area contributed by atoms with Crippen molar-refractivity contribution in [1.29, 1.82) is 0 Å². The van der Waals surface area contributed by atoms with Crippen molar-refractivity contribution in [3.05, 3.63) is 115 Å². The molecular weight excluding hydrogens is 536 g/mol. The van der Waals surface area contributed by atoms with Gasteiger partial charge in [0.15, 0.2) is 0 Å². The number of sulfonamides is 2. The fourth-order valence-corrected chi connectivity index (χ4v) is 5.92. The number of carbonyl (C=O) groups is 1. The third kappa shape index (κ3) is 6.33. The summed E-state index contributed by atoms with van der Waals surface area (Å²) in [7, 11) is -8.16. The predicted molar refractivity (Wildman–Crippen MR) is 140 cm³/mol.